The first kappa shape index (κ1) is 13.7. The highest BCUT2D eigenvalue weighted by Gasteiger charge is 2.22. The number of nitrogens with one attached hydrogen (secondary N) is 1. The van der Waals surface area contributed by atoms with Crippen molar-refractivity contribution in [2.75, 3.05) is 31.1 Å². The van der Waals surface area contributed by atoms with Crippen molar-refractivity contribution in [2.24, 2.45) is 0 Å². The standard InChI is InChI=1S/C16H18FN3O/c17-14-3-1-2-4-15(14)19-7-9-20(10-8-19)16(21)11-13-5-6-18-12-13/h1-6,12,18H,7-11H2. The minimum absolute atomic E-state index is 0.128. The van der Waals surface area contributed by atoms with Gasteiger partial charge in [-0.1, -0.05) is 12.1 Å². The van der Waals surface area contributed by atoms with Gasteiger partial charge in [-0.15, -0.1) is 0 Å². The van der Waals surface area contributed by atoms with Crippen LogP contribution in [0.1, 0.15) is 5.56 Å². The third-order valence-electron chi connectivity index (χ3n) is 3.84. The predicted molar refractivity (Wildman–Crippen MR) is 79.7 cm³/mol. The lowest BCUT2D eigenvalue weighted by molar-refractivity contribution is -0.130. The van der Waals surface area contributed by atoms with Gasteiger partial charge >= 0.3 is 0 Å². The zero-order valence-electron chi connectivity index (χ0n) is 11.8. The highest BCUT2D eigenvalue weighted by molar-refractivity contribution is 5.79. The molecule has 0 atom stereocenters. The van der Waals surface area contributed by atoms with E-state index in [1.807, 2.05) is 34.3 Å². The lowest BCUT2D eigenvalue weighted by Crippen LogP contribution is -2.49. The molecule has 0 radical (unpaired) electrons. The molecule has 2 aromatic rings. The molecule has 21 heavy (non-hydrogen) atoms. The molecule has 110 valence electrons. The molecule has 1 aromatic heterocycles. The van der Waals surface area contributed by atoms with E-state index in [1.54, 1.807) is 12.1 Å². The molecule has 1 aromatic carbocycles. The van der Waals surface area contributed by atoms with E-state index in [-0.39, 0.29) is 11.7 Å². The van der Waals surface area contributed by atoms with Crippen molar-refractivity contribution in [3.05, 3.63) is 54.1 Å². The summed E-state index contributed by atoms with van der Waals surface area (Å²) in [7, 11) is 0. The van der Waals surface area contributed by atoms with E-state index in [0.717, 1.165) is 5.56 Å². The van der Waals surface area contributed by atoms with Crippen LogP contribution in [0.5, 0.6) is 0 Å². The molecule has 1 fully saturated rings. The number of para-hydroxylation sites is 1. The number of carbonyl (C=O) groups is 1. The number of H-pyrrole nitrogens is 1. The minimum Gasteiger partial charge on any atom is -0.367 e. The summed E-state index contributed by atoms with van der Waals surface area (Å²) in [6.07, 6.45) is 4.08. The Morgan fingerprint density at radius 2 is 1.90 bits per heavy atom. The molecule has 0 aliphatic carbocycles. The number of halogens is 1. The average molecular weight is 287 g/mol. The van der Waals surface area contributed by atoms with Crippen LogP contribution < -0.4 is 4.90 Å². The number of hydrogen-bond donors (Lipinski definition) is 1. The first-order valence-electron chi connectivity index (χ1n) is 7.13. The second-order valence-corrected chi connectivity index (χ2v) is 5.22. The van der Waals surface area contributed by atoms with Crippen LogP contribution in [0.2, 0.25) is 0 Å². The Kier molecular flexibility index (Phi) is 3.90. The monoisotopic (exact) mass is 287 g/mol. The van der Waals surface area contributed by atoms with Gasteiger partial charge in [-0.25, -0.2) is 4.39 Å². The predicted octanol–water partition coefficient (Wildman–Crippen LogP) is 2.05. The van der Waals surface area contributed by atoms with Gasteiger partial charge in [0.05, 0.1) is 12.1 Å². The number of rotatable bonds is 3. The Hall–Kier alpha value is -2.30. The number of hydrogen-bond acceptors (Lipinski definition) is 2. The van der Waals surface area contributed by atoms with Gasteiger partial charge in [0.2, 0.25) is 5.91 Å². The van der Waals surface area contributed by atoms with Crippen molar-refractivity contribution < 1.29 is 9.18 Å². The van der Waals surface area contributed by atoms with E-state index in [4.69, 9.17) is 0 Å². The molecule has 4 nitrogen and oxygen atoms in total. The number of aromatic amines is 1. The van der Waals surface area contributed by atoms with Gasteiger partial charge < -0.3 is 14.8 Å². The van der Waals surface area contributed by atoms with Crippen molar-refractivity contribution in [3.8, 4) is 0 Å². The molecule has 3 rings (SSSR count). The summed E-state index contributed by atoms with van der Waals surface area (Å²) >= 11 is 0. The van der Waals surface area contributed by atoms with Crippen LogP contribution in [0.25, 0.3) is 0 Å². The number of nitrogens with zero attached hydrogens (tertiary/aromatic N) is 2. The molecule has 1 aliphatic rings. The number of amides is 1. The third-order valence-corrected chi connectivity index (χ3v) is 3.84. The summed E-state index contributed by atoms with van der Waals surface area (Å²) in [4.78, 5) is 19.0. The first-order valence-corrected chi connectivity index (χ1v) is 7.13. The van der Waals surface area contributed by atoms with Gasteiger partial charge in [0, 0.05) is 38.6 Å². The van der Waals surface area contributed by atoms with E-state index in [1.165, 1.54) is 6.07 Å². The maximum atomic E-state index is 13.8. The molecule has 0 bridgehead atoms. The Morgan fingerprint density at radius 3 is 2.57 bits per heavy atom. The first-order chi connectivity index (χ1) is 10.2. The number of carbonyl (C=O) groups excluding carboxylic acids is 1. The molecule has 0 saturated carbocycles. The SMILES string of the molecule is O=C(Cc1cc[nH]c1)N1CCN(c2ccccc2F)CC1. The third kappa shape index (κ3) is 3.07. The van der Waals surface area contributed by atoms with Crippen LogP contribution in [0.3, 0.4) is 0 Å². The smallest absolute Gasteiger partial charge is 0.227 e. The van der Waals surface area contributed by atoms with Crippen LogP contribution in [0, 0.1) is 5.82 Å². The zero-order chi connectivity index (χ0) is 14.7. The molecule has 1 N–H and O–H groups in total. The fourth-order valence-corrected chi connectivity index (χ4v) is 2.66. The summed E-state index contributed by atoms with van der Waals surface area (Å²) < 4.78 is 13.8. The molecule has 1 saturated heterocycles. The average Bonchev–Trinajstić information content (AvgIpc) is 3.01. The summed E-state index contributed by atoms with van der Waals surface area (Å²) in [5.74, 6) is -0.0765. The summed E-state index contributed by atoms with van der Waals surface area (Å²) in [6.45, 7) is 2.61. The number of aromatic nitrogens is 1. The van der Waals surface area contributed by atoms with Crippen LogP contribution >= 0.6 is 0 Å². The van der Waals surface area contributed by atoms with Crippen molar-refractivity contribution in [1.82, 2.24) is 9.88 Å². The summed E-state index contributed by atoms with van der Waals surface area (Å²) in [6, 6.07) is 8.69. The quantitative estimate of drug-likeness (QED) is 0.938. The van der Waals surface area contributed by atoms with E-state index in [0.29, 0.717) is 38.3 Å². The van der Waals surface area contributed by atoms with Crippen LogP contribution in [-0.2, 0) is 11.2 Å². The lowest BCUT2D eigenvalue weighted by Gasteiger charge is -2.36. The topological polar surface area (TPSA) is 39.3 Å². The minimum atomic E-state index is -0.204. The second kappa shape index (κ2) is 5.99. The van der Waals surface area contributed by atoms with Gasteiger partial charge in [-0.05, 0) is 23.8 Å². The highest BCUT2D eigenvalue weighted by Crippen LogP contribution is 2.20. The van der Waals surface area contributed by atoms with Gasteiger partial charge in [0.15, 0.2) is 0 Å². The van der Waals surface area contributed by atoms with Crippen molar-refractivity contribution >= 4 is 11.6 Å². The Labute approximate surface area is 123 Å². The van der Waals surface area contributed by atoms with E-state index >= 15 is 0 Å². The molecular formula is C16H18FN3O. The van der Waals surface area contributed by atoms with Crippen molar-refractivity contribution in [2.45, 2.75) is 6.42 Å². The van der Waals surface area contributed by atoms with Crippen LogP contribution in [0.15, 0.2) is 42.7 Å². The number of anilines is 1. The van der Waals surface area contributed by atoms with Gasteiger partial charge in [-0.3, -0.25) is 4.79 Å². The molecular weight excluding hydrogens is 269 g/mol. The molecule has 2 heterocycles. The second-order valence-electron chi connectivity index (χ2n) is 5.22. The normalized spacial score (nSPS) is 15.3. The Morgan fingerprint density at radius 1 is 1.14 bits per heavy atom. The molecule has 1 aliphatic heterocycles. The molecule has 0 unspecified atom stereocenters. The largest absolute Gasteiger partial charge is 0.367 e. The van der Waals surface area contributed by atoms with Crippen molar-refractivity contribution in [1.29, 1.82) is 0 Å². The van der Waals surface area contributed by atoms with E-state index < -0.39 is 0 Å². The number of piperazine rings is 1. The maximum Gasteiger partial charge on any atom is 0.227 e. The molecule has 5 heteroatoms. The zero-order valence-corrected chi connectivity index (χ0v) is 11.8. The van der Waals surface area contributed by atoms with Gasteiger partial charge in [0.25, 0.3) is 0 Å². The fraction of sp³-hybridized carbons (Fsp3) is 0.312. The molecule has 1 amide bonds. The van der Waals surface area contributed by atoms with Gasteiger partial charge in [0.1, 0.15) is 5.82 Å². The van der Waals surface area contributed by atoms with Crippen LogP contribution in [-0.4, -0.2) is 42.0 Å². The van der Waals surface area contributed by atoms with Crippen molar-refractivity contribution in [3.63, 3.8) is 0 Å². The van der Waals surface area contributed by atoms with E-state index in [2.05, 4.69) is 4.98 Å². The Bertz CT molecular complexity index is 604. The highest BCUT2D eigenvalue weighted by atomic mass is 19.1. The van der Waals surface area contributed by atoms with Gasteiger partial charge in [-0.2, -0.15) is 0 Å². The Balaban J connectivity index is 1.58. The summed E-state index contributed by atoms with van der Waals surface area (Å²) in [5, 5.41) is 0. The fourth-order valence-electron chi connectivity index (χ4n) is 2.66. The summed E-state index contributed by atoms with van der Waals surface area (Å²) in [5.41, 5.74) is 1.62. The molecule has 0 spiro atoms. The maximum absolute atomic E-state index is 13.8. The number of benzene rings is 1. The van der Waals surface area contributed by atoms with E-state index in [9.17, 15) is 9.18 Å². The van der Waals surface area contributed by atoms with Crippen LogP contribution in [0.4, 0.5) is 10.1 Å². The lowest BCUT2D eigenvalue weighted by atomic mass is 10.2.